The van der Waals surface area contributed by atoms with Crippen molar-refractivity contribution in [3.05, 3.63) is 29.3 Å². The van der Waals surface area contributed by atoms with Crippen molar-refractivity contribution in [2.24, 2.45) is 0 Å². The lowest BCUT2D eigenvalue weighted by molar-refractivity contribution is 0.166. The van der Waals surface area contributed by atoms with Gasteiger partial charge in [-0.25, -0.2) is 0 Å². The van der Waals surface area contributed by atoms with Crippen molar-refractivity contribution >= 4 is 0 Å². The van der Waals surface area contributed by atoms with Crippen LogP contribution < -0.4 is 0 Å². The summed E-state index contributed by atoms with van der Waals surface area (Å²) in [7, 11) is 0. The van der Waals surface area contributed by atoms with Gasteiger partial charge in [0.25, 0.3) is 0 Å². The minimum absolute atomic E-state index is 0.250. The van der Waals surface area contributed by atoms with Crippen molar-refractivity contribution in [2.75, 3.05) is 0 Å². The van der Waals surface area contributed by atoms with E-state index in [-0.39, 0.29) is 11.9 Å². The van der Waals surface area contributed by atoms with Gasteiger partial charge in [0.05, 0.1) is 6.10 Å². The smallest absolute Gasteiger partial charge is 0.115 e. The van der Waals surface area contributed by atoms with Gasteiger partial charge in [-0.3, -0.25) is 0 Å². The van der Waals surface area contributed by atoms with Crippen LogP contribution in [-0.4, -0.2) is 10.2 Å². The molecule has 0 unspecified atom stereocenters. The number of hydrogen-bond donors (Lipinski definition) is 2. The Morgan fingerprint density at radius 1 is 1.23 bits per heavy atom. The molecule has 0 saturated carbocycles. The molecule has 70 valence electrons. The number of hydrogen-bond acceptors (Lipinski definition) is 2. The maximum atomic E-state index is 9.75. The van der Waals surface area contributed by atoms with Crippen LogP contribution in [0, 0.1) is 0 Å². The van der Waals surface area contributed by atoms with Gasteiger partial charge in [0.15, 0.2) is 0 Å². The molecule has 0 spiro atoms. The number of aliphatic hydroxyl groups is 1. The van der Waals surface area contributed by atoms with E-state index in [1.807, 2.05) is 6.07 Å². The number of benzene rings is 1. The van der Waals surface area contributed by atoms with Crippen LogP contribution in [0.3, 0.4) is 0 Å². The highest BCUT2D eigenvalue weighted by Crippen LogP contribution is 2.30. The highest BCUT2D eigenvalue weighted by molar-refractivity contribution is 5.36. The first-order valence-corrected chi connectivity index (χ1v) is 4.77. The van der Waals surface area contributed by atoms with Crippen LogP contribution in [0.25, 0.3) is 0 Å². The molecule has 0 fully saturated rings. The van der Waals surface area contributed by atoms with Crippen LogP contribution in [0.5, 0.6) is 5.75 Å². The number of aliphatic hydroxyl groups excluding tert-OH is 1. The van der Waals surface area contributed by atoms with Gasteiger partial charge in [0, 0.05) is 0 Å². The third kappa shape index (κ3) is 1.68. The molecule has 2 heteroatoms. The van der Waals surface area contributed by atoms with Crippen LogP contribution in [0.2, 0.25) is 0 Å². The zero-order valence-corrected chi connectivity index (χ0v) is 7.53. The molecular formula is C11H14O2. The number of fused-ring (bicyclic) bond motifs is 1. The van der Waals surface area contributed by atoms with Crippen LogP contribution in [0.4, 0.5) is 0 Å². The summed E-state index contributed by atoms with van der Waals surface area (Å²) in [6.45, 7) is 0. The number of phenolic OH excluding ortho intramolecular Hbond substituents is 1. The van der Waals surface area contributed by atoms with E-state index in [9.17, 15) is 10.2 Å². The molecule has 1 aliphatic rings. The van der Waals surface area contributed by atoms with Gasteiger partial charge in [-0.05, 0) is 42.5 Å². The predicted molar refractivity (Wildman–Crippen MR) is 50.6 cm³/mol. The summed E-state index contributed by atoms with van der Waals surface area (Å²) in [6, 6.07) is 5.29. The molecule has 0 heterocycles. The minimum Gasteiger partial charge on any atom is -0.508 e. The lowest BCUT2D eigenvalue weighted by Crippen LogP contribution is -1.97. The normalized spacial score (nSPS) is 22.1. The highest BCUT2D eigenvalue weighted by Gasteiger charge is 2.16. The molecule has 0 aliphatic heterocycles. The average Bonchev–Trinajstić information content (AvgIpc) is 2.29. The van der Waals surface area contributed by atoms with Crippen molar-refractivity contribution in [1.82, 2.24) is 0 Å². The second-order valence-corrected chi connectivity index (χ2v) is 3.64. The molecule has 1 aromatic carbocycles. The molecular weight excluding hydrogens is 164 g/mol. The summed E-state index contributed by atoms with van der Waals surface area (Å²) in [5.74, 6) is 0.250. The third-order valence-corrected chi connectivity index (χ3v) is 2.66. The average molecular weight is 178 g/mol. The molecule has 0 bridgehead atoms. The Hall–Kier alpha value is -1.02. The van der Waals surface area contributed by atoms with Gasteiger partial charge in [-0.15, -0.1) is 0 Å². The fraction of sp³-hybridized carbons (Fsp3) is 0.455. The lowest BCUT2D eigenvalue weighted by atomic mass is 10.0. The van der Waals surface area contributed by atoms with E-state index in [4.69, 9.17) is 0 Å². The monoisotopic (exact) mass is 178 g/mol. The molecule has 0 amide bonds. The first-order chi connectivity index (χ1) is 6.27. The fourth-order valence-corrected chi connectivity index (χ4v) is 1.93. The van der Waals surface area contributed by atoms with E-state index in [0.717, 1.165) is 31.2 Å². The standard InChI is InChI=1S/C11H14O2/c12-9-6-5-8-3-1-2-4-11(13)10(8)7-9/h5-7,11-13H,1-4H2/t11-/m1/s1. The van der Waals surface area contributed by atoms with Gasteiger partial charge in [-0.2, -0.15) is 0 Å². The second kappa shape index (κ2) is 3.38. The van der Waals surface area contributed by atoms with E-state index in [2.05, 4.69) is 0 Å². The second-order valence-electron chi connectivity index (χ2n) is 3.64. The highest BCUT2D eigenvalue weighted by atomic mass is 16.3. The number of phenols is 1. The Bertz CT molecular complexity index is 307. The summed E-state index contributed by atoms with van der Waals surface area (Å²) in [6.07, 6.45) is 3.65. The van der Waals surface area contributed by atoms with E-state index < -0.39 is 0 Å². The van der Waals surface area contributed by atoms with E-state index in [1.54, 1.807) is 12.1 Å². The van der Waals surface area contributed by atoms with Gasteiger partial charge >= 0.3 is 0 Å². The van der Waals surface area contributed by atoms with Crippen molar-refractivity contribution < 1.29 is 10.2 Å². The predicted octanol–water partition coefficient (Wildman–Crippen LogP) is 2.15. The van der Waals surface area contributed by atoms with Gasteiger partial charge in [0.2, 0.25) is 0 Å². The summed E-state index contributed by atoms with van der Waals surface area (Å²) < 4.78 is 0. The maximum Gasteiger partial charge on any atom is 0.115 e. The summed E-state index contributed by atoms with van der Waals surface area (Å²) >= 11 is 0. The zero-order valence-electron chi connectivity index (χ0n) is 7.53. The zero-order chi connectivity index (χ0) is 9.26. The van der Waals surface area contributed by atoms with Crippen molar-refractivity contribution in [3.63, 3.8) is 0 Å². The van der Waals surface area contributed by atoms with E-state index >= 15 is 0 Å². The number of aromatic hydroxyl groups is 1. The molecule has 2 rings (SSSR count). The van der Waals surface area contributed by atoms with Crippen LogP contribution in [0.1, 0.15) is 36.5 Å². The minimum atomic E-state index is -0.385. The van der Waals surface area contributed by atoms with Gasteiger partial charge < -0.3 is 10.2 Å². The molecule has 1 atom stereocenters. The van der Waals surface area contributed by atoms with Crippen molar-refractivity contribution in [3.8, 4) is 5.75 Å². The molecule has 13 heavy (non-hydrogen) atoms. The fourth-order valence-electron chi connectivity index (χ4n) is 1.93. The Kier molecular flexibility index (Phi) is 2.23. The molecule has 1 aliphatic carbocycles. The molecule has 1 aromatic rings. The lowest BCUT2D eigenvalue weighted by Gasteiger charge is -2.11. The van der Waals surface area contributed by atoms with Gasteiger partial charge in [0.1, 0.15) is 5.75 Å². The molecule has 2 N–H and O–H groups in total. The number of rotatable bonds is 0. The Balaban J connectivity index is 2.43. The first kappa shape index (κ1) is 8.57. The molecule has 0 aromatic heterocycles. The maximum absolute atomic E-state index is 9.75. The first-order valence-electron chi connectivity index (χ1n) is 4.77. The van der Waals surface area contributed by atoms with Crippen LogP contribution in [0.15, 0.2) is 18.2 Å². The molecule has 0 saturated heterocycles. The Morgan fingerprint density at radius 3 is 2.92 bits per heavy atom. The topological polar surface area (TPSA) is 40.5 Å². The van der Waals surface area contributed by atoms with E-state index in [1.165, 1.54) is 5.56 Å². The Morgan fingerprint density at radius 2 is 2.08 bits per heavy atom. The molecule has 0 radical (unpaired) electrons. The summed E-state index contributed by atoms with van der Waals surface area (Å²) in [5.41, 5.74) is 2.10. The van der Waals surface area contributed by atoms with Gasteiger partial charge in [-0.1, -0.05) is 12.5 Å². The van der Waals surface area contributed by atoms with Crippen molar-refractivity contribution in [1.29, 1.82) is 0 Å². The Labute approximate surface area is 77.8 Å². The molecule has 2 nitrogen and oxygen atoms in total. The van der Waals surface area contributed by atoms with Crippen molar-refractivity contribution in [2.45, 2.75) is 31.8 Å². The number of aryl methyl sites for hydroxylation is 1. The summed E-state index contributed by atoms with van der Waals surface area (Å²) in [5, 5.41) is 19.0. The third-order valence-electron chi connectivity index (χ3n) is 2.66. The van der Waals surface area contributed by atoms with Crippen LogP contribution >= 0.6 is 0 Å². The van der Waals surface area contributed by atoms with Crippen LogP contribution in [-0.2, 0) is 6.42 Å². The largest absolute Gasteiger partial charge is 0.508 e. The quantitative estimate of drug-likeness (QED) is 0.597. The summed E-state index contributed by atoms with van der Waals surface area (Å²) in [4.78, 5) is 0. The van der Waals surface area contributed by atoms with E-state index in [0.29, 0.717) is 0 Å². The SMILES string of the molecule is Oc1ccc2c(c1)[C@H](O)CCCC2.